The molecule has 0 saturated carbocycles. The van der Waals surface area contributed by atoms with Gasteiger partial charge in [0.1, 0.15) is 0 Å². The summed E-state index contributed by atoms with van der Waals surface area (Å²) in [6.07, 6.45) is 0. The van der Waals surface area contributed by atoms with Crippen LogP contribution in [0.2, 0.25) is 0 Å². The molecule has 0 atom stereocenters. The highest BCUT2D eigenvalue weighted by atomic mass is 32.1. The third kappa shape index (κ3) is 3.49. The standard InChI is InChI=1S/C15H14N4OS2/c1-19(15(21)16-11-6-3-2-4-7-11)10-13-17-14(18-20-13)12-8-5-9-22-12/h2-9H,10H2,1H3,(H,16,21). The number of rotatable bonds is 4. The van der Waals surface area contributed by atoms with Gasteiger partial charge in [-0.15, -0.1) is 11.3 Å². The molecular formula is C15H14N4OS2. The van der Waals surface area contributed by atoms with Crippen molar-refractivity contribution < 1.29 is 4.52 Å². The molecule has 0 spiro atoms. The monoisotopic (exact) mass is 330 g/mol. The zero-order valence-electron chi connectivity index (χ0n) is 11.9. The Labute approximate surface area is 137 Å². The van der Waals surface area contributed by atoms with E-state index >= 15 is 0 Å². The summed E-state index contributed by atoms with van der Waals surface area (Å²) >= 11 is 6.95. The van der Waals surface area contributed by atoms with Gasteiger partial charge in [0.15, 0.2) is 5.11 Å². The molecule has 2 aromatic heterocycles. The number of hydrogen-bond donors (Lipinski definition) is 1. The van der Waals surface area contributed by atoms with Gasteiger partial charge in [0.2, 0.25) is 11.7 Å². The van der Waals surface area contributed by atoms with Crippen LogP contribution in [0.25, 0.3) is 10.7 Å². The number of thiophene rings is 1. The van der Waals surface area contributed by atoms with E-state index in [1.165, 1.54) is 0 Å². The van der Waals surface area contributed by atoms with Gasteiger partial charge in [-0.25, -0.2) is 0 Å². The Hall–Kier alpha value is -2.25. The second-order valence-electron chi connectivity index (χ2n) is 4.64. The molecule has 7 heteroatoms. The third-order valence-electron chi connectivity index (χ3n) is 2.95. The molecule has 5 nitrogen and oxygen atoms in total. The summed E-state index contributed by atoms with van der Waals surface area (Å²) in [5.74, 6) is 1.14. The lowest BCUT2D eigenvalue weighted by molar-refractivity contribution is 0.336. The molecule has 0 bridgehead atoms. The first-order valence-corrected chi connectivity index (χ1v) is 7.95. The molecule has 22 heavy (non-hydrogen) atoms. The molecular weight excluding hydrogens is 316 g/mol. The number of para-hydroxylation sites is 1. The average molecular weight is 330 g/mol. The van der Waals surface area contributed by atoms with E-state index in [-0.39, 0.29) is 0 Å². The highest BCUT2D eigenvalue weighted by Crippen LogP contribution is 2.21. The SMILES string of the molecule is CN(Cc1nc(-c2cccs2)no1)C(=S)Nc1ccccc1. The molecule has 0 saturated heterocycles. The van der Waals surface area contributed by atoms with Gasteiger partial charge in [-0.05, 0) is 35.8 Å². The van der Waals surface area contributed by atoms with Crippen LogP contribution in [0.4, 0.5) is 5.69 Å². The second kappa shape index (κ2) is 6.67. The number of benzene rings is 1. The highest BCUT2D eigenvalue weighted by molar-refractivity contribution is 7.80. The summed E-state index contributed by atoms with van der Waals surface area (Å²) in [6, 6.07) is 13.7. The molecule has 112 valence electrons. The van der Waals surface area contributed by atoms with Crippen molar-refractivity contribution >= 4 is 34.4 Å². The number of thiocarbonyl (C=S) groups is 1. The molecule has 0 aliphatic heterocycles. The van der Waals surface area contributed by atoms with E-state index < -0.39 is 0 Å². The molecule has 0 unspecified atom stereocenters. The molecule has 0 aliphatic rings. The van der Waals surface area contributed by atoms with E-state index in [1.54, 1.807) is 11.3 Å². The molecule has 1 N–H and O–H groups in total. The summed E-state index contributed by atoms with van der Waals surface area (Å²) in [7, 11) is 1.88. The van der Waals surface area contributed by atoms with Crippen LogP contribution in [0.15, 0.2) is 52.4 Å². The molecule has 0 fully saturated rings. The fraction of sp³-hybridized carbons (Fsp3) is 0.133. The van der Waals surface area contributed by atoms with E-state index in [1.807, 2.05) is 59.8 Å². The van der Waals surface area contributed by atoms with Crippen molar-refractivity contribution in [3.8, 4) is 10.7 Å². The number of hydrogen-bond acceptors (Lipinski definition) is 5. The van der Waals surface area contributed by atoms with Crippen molar-refractivity contribution in [3.63, 3.8) is 0 Å². The first-order valence-electron chi connectivity index (χ1n) is 6.66. The fourth-order valence-corrected chi connectivity index (χ4v) is 2.67. The van der Waals surface area contributed by atoms with Gasteiger partial charge >= 0.3 is 0 Å². The molecule has 3 rings (SSSR count). The lowest BCUT2D eigenvalue weighted by Gasteiger charge is -2.18. The first kappa shape index (κ1) is 14.7. The van der Waals surface area contributed by atoms with Gasteiger partial charge in [-0.2, -0.15) is 4.98 Å². The Morgan fingerprint density at radius 2 is 2.09 bits per heavy atom. The van der Waals surface area contributed by atoms with Crippen LogP contribution in [-0.2, 0) is 6.54 Å². The largest absolute Gasteiger partial charge is 0.343 e. The lowest BCUT2D eigenvalue weighted by atomic mass is 10.3. The van der Waals surface area contributed by atoms with Crippen LogP contribution in [0.1, 0.15) is 5.89 Å². The van der Waals surface area contributed by atoms with Crippen molar-refractivity contribution in [3.05, 3.63) is 53.7 Å². The Bertz CT molecular complexity index is 740. The van der Waals surface area contributed by atoms with Gasteiger partial charge in [0.05, 0.1) is 11.4 Å². The molecule has 1 aromatic carbocycles. The summed E-state index contributed by atoms with van der Waals surface area (Å²) in [5, 5.41) is 9.74. The van der Waals surface area contributed by atoms with E-state index in [2.05, 4.69) is 15.5 Å². The maximum absolute atomic E-state index is 5.37. The van der Waals surface area contributed by atoms with Gasteiger partial charge in [-0.1, -0.05) is 29.4 Å². The Morgan fingerprint density at radius 1 is 1.27 bits per heavy atom. The van der Waals surface area contributed by atoms with Crippen LogP contribution in [0, 0.1) is 0 Å². The average Bonchev–Trinajstić information content (AvgIpc) is 3.19. The minimum Gasteiger partial charge on any atom is -0.343 e. The molecule has 0 aliphatic carbocycles. The van der Waals surface area contributed by atoms with Crippen LogP contribution < -0.4 is 5.32 Å². The molecule has 0 radical (unpaired) electrons. The van der Waals surface area contributed by atoms with E-state index in [9.17, 15) is 0 Å². The quantitative estimate of drug-likeness (QED) is 0.737. The highest BCUT2D eigenvalue weighted by Gasteiger charge is 2.13. The lowest BCUT2D eigenvalue weighted by Crippen LogP contribution is -2.30. The summed E-state index contributed by atoms with van der Waals surface area (Å²) in [5.41, 5.74) is 0.948. The van der Waals surface area contributed by atoms with Gasteiger partial charge < -0.3 is 14.7 Å². The Morgan fingerprint density at radius 3 is 2.82 bits per heavy atom. The summed E-state index contributed by atoms with van der Waals surface area (Å²) in [6.45, 7) is 0.455. The summed E-state index contributed by atoms with van der Waals surface area (Å²) in [4.78, 5) is 7.23. The maximum atomic E-state index is 5.37. The second-order valence-corrected chi connectivity index (χ2v) is 5.98. The first-order chi connectivity index (χ1) is 10.7. The molecule has 2 heterocycles. The Balaban J connectivity index is 1.62. The van der Waals surface area contributed by atoms with Gasteiger partial charge in [0.25, 0.3) is 0 Å². The topological polar surface area (TPSA) is 54.2 Å². The minimum atomic E-state index is 0.455. The summed E-state index contributed by atoms with van der Waals surface area (Å²) < 4.78 is 5.28. The minimum absolute atomic E-state index is 0.455. The number of aromatic nitrogens is 2. The molecule has 3 aromatic rings. The van der Waals surface area contributed by atoms with Crippen LogP contribution in [0.5, 0.6) is 0 Å². The van der Waals surface area contributed by atoms with Crippen molar-refractivity contribution in [2.75, 3.05) is 12.4 Å². The number of nitrogens with one attached hydrogen (secondary N) is 1. The van der Waals surface area contributed by atoms with Crippen LogP contribution in [0.3, 0.4) is 0 Å². The van der Waals surface area contributed by atoms with Crippen LogP contribution >= 0.6 is 23.6 Å². The predicted octanol–water partition coefficient (Wildman–Crippen LogP) is 3.63. The zero-order chi connectivity index (χ0) is 15.4. The van der Waals surface area contributed by atoms with Gasteiger partial charge in [0, 0.05) is 12.7 Å². The third-order valence-corrected chi connectivity index (χ3v) is 4.23. The Kier molecular flexibility index (Phi) is 4.45. The van der Waals surface area contributed by atoms with Crippen molar-refractivity contribution in [1.82, 2.24) is 15.0 Å². The smallest absolute Gasteiger partial charge is 0.246 e. The number of anilines is 1. The predicted molar refractivity (Wildman–Crippen MR) is 91.7 cm³/mol. The molecule has 0 amide bonds. The number of nitrogens with zero attached hydrogens (tertiary/aromatic N) is 3. The van der Waals surface area contributed by atoms with E-state index in [4.69, 9.17) is 16.7 Å². The van der Waals surface area contributed by atoms with Crippen molar-refractivity contribution in [1.29, 1.82) is 0 Å². The van der Waals surface area contributed by atoms with E-state index in [0.717, 1.165) is 10.6 Å². The maximum Gasteiger partial charge on any atom is 0.246 e. The normalized spacial score (nSPS) is 10.4. The van der Waals surface area contributed by atoms with Crippen molar-refractivity contribution in [2.45, 2.75) is 6.54 Å². The van der Waals surface area contributed by atoms with E-state index in [0.29, 0.717) is 23.4 Å². The zero-order valence-corrected chi connectivity index (χ0v) is 13.5. The fourth-order valence-electron chi connectivity index (χ4n) is 1.84. The van der Waals surface area contributed by atoms with Crippen LogP contribution in [-0.4, -0.2) is 27.2 Å². The van der Waals surface area contributed by atoms with Crippen molar-refractivity contribution in [2.24, 2.45) is 0 Å². The van der Waals surface area contributed by atoms with Gasteiger partial charge in [-0.3, -0.25) is 0 Å².